The number of fused-ring (bicyclic) bond motifs is 1. The van der Waals surface area contributed by atoms with Gasteiger partial charge in [-0.3, -0.25) is 4.68 Å². The first-order chi connectivity index (χ1) is 9.34. The first-order valence-electron chi connectivity index (χ1n) is 6.43. The van der Waals surface area contributed by atoms with Crippen LogP contribution in [0.4, 0.5) is 0 Å². The second kappa shape index (κ2) is 5.24. The van der Waals surface area contributed by atoms with Gasteiger partial charge in [-0.25, -0.2) is 4.98 Å². The van der Waals surface area contributed by atoms with Crippen molar-refractivity contribution in [2.24, 2.45) is 7.05 Å². The summed E-state index contributed by atoms with van der Waals surface area (Å²) in [6, 6.07) is 10.1. The smallest absolute Gasteiger partial charge is 0.123 e. The Hall–Kier alpha value is -2.14. The zero-order chi connectivity index (χ0) is 13.1. The van der Waals surface area contributed by atoms with Crippen molar-refractivity contribution in [3.63, 3.8) is 0 Å². The lowest BCUT2D eigenvalue weighted by Crippen LogP contribution is -2.21. The molecule has 0 saturated heterocycles. The third-order valence-electron chi connectivity index (χ3n) is 3.24. The maximum absolute atomic E-state index is 4.62. The van der Waals surface area contributed by atoms with Gasteiger partial charge >= 0.3 is 0 Å². The molecule has 98 valence electrons. The van der Waals surface area contributed by atoms with Gasteiger partial charge in [0.2, 0.25) is 0 Å². The van der Waals surface area contributed by atoms with E-state index in [0.717, 1.165) is 31.0 Å². The minimum absolute atomic E-state index is 0.770. The number of hydrogen-bond acceptors (Lipinski definition) is 3. The summed E-state index contributed by atoms with van der Waals surface area (Å²) in [5.41, 5.74) is 2.22. The molecule has 0 aliphatic rings. The van der Waals surface area contributed by atoms with E-state index in [2.05, 4.69) is 33.1 Å². The fraction of sp³-hybridized carbons (Fsp3) is 0.286. The van der Waals surface area contributed by atoms with E-state index >= 15 is 0 Å². The topological polar surface area (TPSA) is 47.7 Å². The van der Waals surface area contributed by atoms with Crippen LogP contribution in [-0.4, -0.2) is 25.9 Å². The Bertz CT molecular complexity index is 654. The molecule has 0 aliphatic carbocycles. The molecule has 0 fully saturated rings. The molecule has 0 radical (unpaired) electrons. The van der Waals surface area contributed by atoms with E-state index in [0.29, 0.717) is 0 Å². The van der Waals surface area contributed by atoms with Gasteiger partial charge in [-0.05, 0) is 18.2 Å². The molecule has 2 aromatic heterocycles. The minimum Gasteiger partial charge on any atom is -0.330 e. The Kier molecular flexibility index (Phi) is 3.29. The van der Waals surface area contributed by atoms with Crippen LogP contribution in [0.2, 0.25) is 0 Å². The zero-order valence-electron chi connectivity index (χ0n) is 11.0. The molecule has 0 amide bonds. The van der Waals surface area contributed by atoms with Gasteiger partial charge in [-0.2, -0.15) is 5.10 Å². The Morgan fingerprint density at radius 2 is 2.11 bits per heavy atom. The van der Waals surface area contributed by atoms with Crippen molar-refractivity contribution in [1.82, 2.24) is 24.6 Å². The van der Waals surface area contributed by atoms with Gasteiger partial charge in [0, 0.05) is 26.0 Å². The summed E-state index contributed by atoms with van der Waals surface area (Å²) in [7, 11) is 2.06. The molecule has 0 saturated carbocycles. The van der Waals surface area contributed by atoms with E-state index in [9.17, 15) is 0 Å². The van der Waals surface area contributed by atoms with Crippen molar-refractivity contribution in [3.05, 3.63) is 48.5 Å². The van der Waals surface area contributed by atoms with Crippen LogP contribution in [0.15, 0.2) is 42.7 Å². The summed E-state index contributed by atoms with van der Waals surface area (Å²) in [5, 5.41) is 7.57. The normalized spacial score (nSPS) is 11.2. The molecule has 3 aromatic rings. The number of para-hydroxylation sites is 2. The van der Waals surface area contributed by atoms with Crippen molar-refractivity contribution in [3.8, 4) is 0 Å². The monoisotopic (exact) mass is 255 g/mol. The Balaban J connectivity index is 1.61. The van der Waals surface area contributed by atoms with Crippen LogP contribution >= 0.6 is 0 Å². The lowest BCUT2D eigenvalue weighted by molar-refractivity contribution is 0.543. The molecular weight excluding hydrogens is 238 g/mol. The third kappa shape index (κ3) is 2.51. The highest BCUT2D eigenvalue weighted by Gasteiger charge is 2.05. The molecule has 5 nitrogen and oxygen atoms in total. The molecule has 5 heteroatoms. The van der Waals surface area contributed by atoms with Gasteiger partial charge in [0.1, 0.15) is 5.82 Å². The molecule has 0 spiro atoms. The first-order valence-corrected chi connectivity index (χ1v) is 6.43. The summed E-state index contributed by atoms with van der Waals surface area (Å²) < 4.78 is 4.05. The number of aryl methyl sites for hydroxylation is 1. The van der Waals surface area contributed by atoms with Crippen LogP contribution in [-0.2, 0) is 20.1 Å². The predicted molar refractivity (Wildman–Crippen MR) is 74.6 cm³/mol. The van der Waals surface area contributed by atoms with Crippen LogP contribution in [0.5, 0.6) is 0 Å². The van der Waals surface area contributed by atoms with E-state index in [1.54, 1.807) is 6.20 Å². The van der Waals surface area contributed by atoms with Gasteiger partial charge in [0.25, 0.3) is 0 Å². The third-order valence-corrected chi connectivity index (χ3v) is 3.24. The van der Waals surface area contributed by atoms with Gasteiger partial charge in [0.05, 0.1) is 24.1 Å². The predicted octanol–water partition coefficient (Wildman–Crippen LogP) is 1.56. The molecule has 1 N–H and O–H groups in total. The van der Waals surface area contributed by atoms with Crippen LogP contribution in [0.3, 0.4) is 0 Å². The molecule has 19 heavy (non-hydrogen) atoms. The number of aromatic nitrogens is 4. The van der Waals surface area contributed by atoms with Crippen molar-refractivity contribution in [2.45, 2.75) is 13.1 Å². The second-order valence-electron chi connectivity index (χ2n) is 4.52. The summed E-state index contributed by atoms with van der Waals surface area (Å²) in [5.74, 6) is 1.06. The van der Waals surface area contributed by atoms with Crippen molar-refractivity contribution in [1.29, 1.82) is 0 Å². The molecular formula is C14H17N5. The molecule has 1 aromatic carbocycles. The summed E-state index contributed by atoms with van der Waals surface area (Å²) >= 11 is 0. The lowest BCUT2D eigenvalue weighted by Gasteiger charge is -2.05. The summed E-state index contributed by atoms with van der Waals surface area (Å²) in [6.07, 6.45) is 3.77. The lowest BCUT2D eigenvalue weighted by atomic mass is 10.3. The Morgan fingerprint density at radius 1 is 1.21 bits per heavy atom. The van der Waals surface area contributed by atoms with Crippen LogP contribution in [0, 0.1) is 0 Å². The van der Waals surface area contributed by atoms with E-state index in [-0.39, 0.29) is 0 Å². The fourth-order valence-electron chi connectivity index (χ4n) is 2.18. The largest absolute Gasteiger partial charge is 0.330 e. The van der Waals surface area contributed by atoms with Crippen LogP contribution < -0.4 is 5.32 Å². The second-order valence-corrected chi connectivity index (χ2v) is 4.52. The number of nitrogens with one attached hydrogen (secondary N) is 1. The number of rotatable bonds is 5. The molecule has 0 atom stereocenters. The number of benzene rings is 1. The van der Waals surface area contributed by atoms with Gasteiger partial charge < -0.3 is 9.88 Å². The summed E-state index contributed by atoms with van der Waals surface area (Å²) in [6.45, 7) is 2.52. The highest BCUT2D eigenvalue weighted by atomic mass is 15.3. The molecule has 0 aliphatic heterocycles. The van der Waals surface area contributed by atoms with E-state index < -0.39 is 0 Å². The molecule has 0 unspecified atom stereocenters. The maximum Gasteiger partial charge on any atom is 0.123 e. The highest BCUT2D eigenvalue weighted by Crippen LogP contribution is 2.13. The number of nitrogens with zero attached hydrogens (tertiary/aromatic N) is 4. The van der Waals surface area contributed by atoms with E-state index in [1.807, 2.05) is 35.1 Å². The Labute approximate surface area is 111 Å². The molecule has 0 bridgehead atoms. The van der Waals surface area contributed by atoms with Gasteiger partial charge in [-0.1, -0.05) is 12.1 Å². The van der Waals surface area contributed by atoms with Crippen molar-refractivity contribution >= 4 is 11.0 Å². The highest BCUT2D eigenvalue weighted by molar-refractivity contribution is 5.75. The molecule has 3 rings (SSSR count). The summed E-state index contributed by atoms with van der Waals surface area (Å²) in [4.78, 5) is 4.62. The number of hydrogen-bond donors (Lipinski definition) is 1. The zero-order valence-corrected chi connectivity index (χ0v) is 11.0. The van der Waals surface area contributed by atoms with Crippen molar-refractivity contribution in [2.75, 3.05) is 6.54 Å². The van der Waals surface area contributed by atoms with Crippen LogP contribution in [0.25, 0.3) is 11.0 Å². The van der Waals surface area contributed by atoms with E-state index in [4.69, 9.17) is 0 Å². The van der Waals surface area contributed by atoms with Crippen molar-refractivity contribution < 1.29 is 0 Å². The SMILES string of the molecule is Cn1c(CNCCn2cccn2)nc2ccccc21. The maximum atomic E-state index is 4.62. The average Bonchev–Trinajstić information content (AvgIpc) is 3.04. The van der Waals surface area contributed by atoms with Crippen LogP contribution in [0.1, 0.15) is 5.82 Å². The van der Waals surface area contributed by atoms with Gasteiger partial charge in [-0.15, -0.1) is 0 Å². The quantitative estimate of drug-likeness (QED) is 0.704. The Morgan fingerprint density at radius 3 is 2.89 bits per heavy atom. The van der Waals surface area contributed by atoms with E-state index in [1.165, 1.54) is 5.52 Å². The van der Waals surface area contributed by atoms with Gasteiger partial charge in [0.15, 0.2) is 0 Å². The minimum atomic E-state index is 0.770. The fourth-order valence-corrected chi connectivity index (χ4v) is 2.18. The first kappa shape index (κ1) is 11.9. The molecule has 2 heterocycles. The average molecular weight is 255 g/mol. The number of imidazole rings is 1. The standard InChI is InChI=1S/C14H17N5/c1-18-13-6-3-2-5-12(13)17-14(18)11-15-8-10-19-9-4-7-16-19/h2-7,9,15H,8,10-11H2,1H3.